The van der Waals surface area contributed by atoms with Gasteiger partial charge in [0, 0.05) is 21.8 Å². The highest BCUT2D eigenvalue weighted by Gasteiger charge is 2.30. The van der Waals surface area contributed by atoms with Crippen molar-refractivity contribution in [3.05, 3.63) is 21.8 Å². The molecule has 1 aromatic rings. The Hall–Kier alpha value is -0.740. The summed E-state index contributed by atoms with van der Waals surface area (Å²) in [6.45, 7) is -0.833. The van der Waals surface area contributed by atoms with Crippen molar-refractivity contribution >= 4 is 91.4 Å². The Balaban J connectivity index is 3.67. The molecule has 156 valence electrons. The van der Waals surface area contributed by atoms with Crippen LogP contribution in [0.1, 0.15) is 23.6 Å². The van der Waals surface area contributed by atoms with Gasteiger partial charge in [0.05, 0.1) is 12.3 Å². The monoisotopic (exact) mass is 735 g/mol. The number of nitrogens with one attached hydrogen (secondary N) is 3. The van der Waals surface area contributed by atoms with Crippen molar-refractivity contribution in [2.45, 2.75) is 18.6 Å². The van der Waals surface area contributed by atoms with E-state index in [1.54, 1.807) is 67.8 Å². The molecule has 0 saturated carbocycles. The number of aliphatic hydroxyl groups excluding tert-OH is 4. The number of urea groups is 2. The summed E-state index contributed by atoms with van der Waals surface area (Å²) < 4.78 is 0.747. The van der Waals surface area contributed by atoms with E-state index in [4.69, 9.17) is 16.6 Å². The topological polar surface area (TPSA) is 220 Å². The van der Waals surface area contributed by atoms with Crippen molar-refractivity contribution in [1.82, 2.24) is 10.6 Å². The molecule has 5 amide bonds. The molecule has 0 saturated heterocycles. The van der Waals surface area contributed by atoms with E-state index in [0.717, 1.165) is 0 Å². The van der Waals surface area contributed by atoms with Gasteiger partial charge in [-0.25, -0.2) is 9.59 Å². The average Bonchev–Trinajstić information content (AvgIpc) is 2.56. The van der Waals surface area contributed by atoms with E-state index in [1.807, 2.05) is 0 Å². The first-order valence-corrected chi connectivity index (χ1v) is 10.4. The number of nitrogens with two attached hydrogens (primary N) is 2. The van der Waals surface area contributed by atoms with E-state index < -0.39 is 43.1 Å². The summed E-state index contributed by atoms with van der Waals surface area (Å²) in [5.74, 6) is -0.953. The molecule has 11 N–H and O–H groups in total. The number of halogens is 3. The predicted molar refractivity (Wildman–Crippen MR) is 122 cm³/mol. The van der Waals surface area contributed by atoms with Crippen LogP contribution in [0.2, 0.25) is 0 Å². The Kier molecular flexibility index (Phi) is 9.82. The van der Waals surface area contributed by atoms with E-state index >= 15 is 0 Å². The van der Waals surface area contributed by atoms with Gasteiger partial charge in [-0.15, -0.1) is 0 Å². The van der Waals surface area contributed by atoms with Gasteiger partial charge in [0.1, 0.15) is 0 Å². The fourth-order valence-corrected chi connectivity index (χ4v) is 6.61. The van der Waals surface area contributed by atoms with Crippen LogP contribution in [-0.2, 0) is 4.79 Å². The largest absolute Gasteiger partial charge is 0.393 e. The summed E-state index contributed by atoms with van der Waals surface area (Å²) in [4.78, 5) is 34.3. The molecule has 28 heavy (non-hydrogen) atoms. The maximum Gasteiger partial charge on any atom is 0.314 e. The number of rotatable bonds is 7. The second kappa shape index (κ2) is 10.9. The quantitative estimate of drug-likeness (QED) is 0.127. The molecule has 0 heterocycles. The molecular formula is C13H16I3N5O7. The second-order valence-corrected chi connectivity index (χ2v) is 8.39. The Morgan fingerprint density at radius 1 is 0.857 bits per heavy atom. The van der Waals surface area contributed by atoms with E-state index in [2.05, 4.69) is 16.0 Å². The van der Waals surface area contributed by atoms with Crippen LogP contribution in [0, 0.1) is 10.7 Å². The predicted octanol–water partition coefficient (Wildman–Crippen LogP) is -0.890. The lowest BCUT2D eigenvalue weighted by atomic mass is 10.1. The smallest absolute Gasteiger partial charge is 0.314 e. The van der Waals surface area contributed by atoms with Crippen LogP contribution < -0.4 is 27.4 Å². The molecule has 0 fully saturated rings. The van der Waals surface area contributed by atoms with Gasteiger partial charge in [0.25, 0.3) is 5.91 Å². The molecule has 0 aromatic heterocycles. The van der Waals surface area contributed by atoms with Crippen LogP contribution in [0.3, 0.4) is 0 Å². The SMILES string of the molecule is NC(=O)NC(O)c1c(I)c(NC(=O)C(O)CO)c(I)c(C(O)NC(N)=O)c1I. The van der Waals surface area contributed by atoms with Gasteiger partial charge in [0.2, 0.25) is 0 Å². The van der Waals surface area contributed by atoms with Gasteiger partial charge in [-0.05, 0) is 67.8 Å². The van der Waals surface area contributed by atoms with Gasteiger partial charge in [-0.2, -0.15) is 0 Å². The number of amides is 5. The van der Waals surface area contributed by atoms with Gasteiger partial charge in [-0.1, -0.05) is 0 Å². The summed E-state index contributed by atoms with van der Waals surface area (Å²) in [5, 5.41) is 45.6. The highest BCUT2D eigenvalue weighted by atomic mass is 127. The normalized spacial score (nSPS) is 14.0. The molecule has 0 bridgehead atoms. The average molecular weight is 735 g/mol. The summed E-state index contributed by atoms with van der Waals surface area (Å²) in [5.41, 5.74) is 10.2. The zero-order chi connectivity index (χ0) is 21.8. The number of hydrogen-bond acceptors (Lipinski definition) is 7. The molecule has 1 rings (SSSR count). The first-order valence-electron chi connectivity index (χ1n) is 7.20. The van der Waals surface area contributed by atoms with Crippen molar-refractivity contribution in [3.63, 3.8) is 0 Å². The molecule has 1 aromatic carbocycles. The lowest BCUT2D eigenvalue weighted by molar-refractivity contribution is -0.125. The summed E-state index contributed by atoms with van der Waals surface area (Å²) in [6.07, 6.45) is -4.96. The van der Waals surface area contributed by atoms with Crippen LogP contribution in [-0.4, -0.2) is 51.1 Å². The summed E-state index contributed by atoms with van der Waals surface area (Å²) >= 11 is 5.32. The minimum Gasteiger partial charge on any atom is -0.393 e. The molecular weight excluding hydrogens is 719 g/mol. The molecule has 0 aliphatic carbocycles. The van der Waals surface area contributed by atoms with Crippen molar-refractivity contribution in [1.29, 1.82) is 0 Å². The lowest BCUT2D eigenvalue weighted by Crippen LogP contribution is -2.37. The van der Waals surface area contributed by atoms with E-state index in [0.29, 0.717) is 0 Å². The number of benzene rings is 1. The molecule has 3 atom stereocenters. The maximum atomic E-state index is 12.0. The maximum absolute atomic E-state index is 12.0. The van der Waals surface area contributed by atoms with E-state index in [9.17, 15) is 29.7 Å². The van der Waals surface area contributed by atoms with E-state index in [-0.39, 0.29) is 27.5 Å². The van der Waals surface area contributed by atoms with Gasteiger partial charge >= 0.3 is 12.1 Å². The third-order valence-electron chi connectivity index (χ3n) is 3.21. The number of carbonyl (C=O) groups is 3. The number of primary amides is 2. The number of aliphatic hydroxyl groups is 4. The minimum absolute atomic E-state index is 0.0553. The fraction of sp³-hybridized carbons (Fsp3) is 0.308. The molecule has 0 aliphatic heterocycles. The molecule has 15 heteroatoms. The number of hydrogen-bond donors (Lipinski definition) is 9. The summed E-state index contributed by atoms with van der Waals surface area (Å²) in [7, 11) is 0. The zero-order valence-corrected chi connectivity index (χ0v) is 20.2. The third-order valence-corrected chi connectivity index (χ3v) is 6.62. The highest BCUT2D eigenvalue weighted by molar-refractivity contribution is 14.1. The van der Waals surface area contributed by atoms with Crippen LogP contribution in [0.4, 0.5) is 15.3 Å². The van der Waals surface area contributed by atoms with Crippen molar-refractivity contribution in [2.75, 3.05) is 11.9 Å². The Labute approximate surface area is 199 Å². The Morgan fingerprint density at radius 2 is 1.25 bits per heavy atom. The Morgan fingerprint density at radius 3 is 1.57 bits per heavy atom. The van der Waals surface area contributed by atoms with Gasteiger partial charge < -0.3 is 47.8 Å². The van der Waals surface area contributed by atoms with E-state index in [1.165, 1.54) is 0 Å². The second-order valence-electron chi connectivity index (χ2n) is 5.15. The third kappa shape index (κ3) is 6.13. The van der Waals surface area contributed by atoms with Crippen molar-refractivity contribution < 1.29 is 34.8 Å². The fourth-order valence-electron chi connectivity index (χ4n) is 2.00. The van der Waals surface area contributed by atoms with Crippen molar-refractivity contribution in [2.24, 2.45) is 11.5 Å². The summed E-state index contributed by atoms with van der Waals surface area (Å²) in [6, 6.07) is -2.06. The number of anilines is 1. The van der Waals surface area contributed by atoms with Crippen LogP contribution in [0.15, 0.2) is 0 Å². The Bertz CT molecular complexity index is 745. The molecule has 0 aliphatic rings. The number of carbonyl (C=O) groups excluding carboxylic acids is 3. The molecule has 0 radical (unpaired) electrons. The minimum atomic E-state index is -1.72. The lowest BCUT2D eigenvalue weighted by Gasteiger charge is -2.25. The van der Waals surface area contributed by atoms with Crippen LogP contribution in [0.25, 0.3) is 0 Å². The van der Waals surface area contributed by atoms with Gasteiger partial charge in [-0.3, -0.25) is 4.79 Å². The molecule has 0 spiro atoms. The molecule has 12 nitrogen and oxygen atoms in total. The highest BCUT2D eigenvalue weighted by Crippen LogP contribution is 2.40. The van der Waals surface area contributed by atoms with Crippen molar-refractivity contribution in [3.8, 4) is 0 Å². The first-order chi connectivity index (χ1) is 12.9. The first kappa shape index (κ1) is 25.3. The van der Waals surface area contributed by atoms with Crippen LogP contribution in [0.5, 0.6) is 0 Å². The van der Waals surface area contributed by atoms with Crippen LogP contribution >= 0.6 is 67.8 Å². The van der Waals surface area contributed by atoms with Gasteiger partial charge in [0.15, 0.2) is 18.6 Å². The zero-order valence-electron chi connectivity index (χ0n) is 13.7. The molecule has 3 unspecified atom stereocenters. The standard InChI is InChI=1S/C13H16I3N5O7/c14-5-3(10(25)20-12(17)27)6(15)8(19-9(24)2(23)1-22)7(16)4(5)11(26)21-13(18)28/h2,10-11,22-23,25-26H,1H2,(H,19,24)(H3,17,20,27)(H3,18,21,28).